The molecule has 2 heterocycles. The number of hydrogen-bond acceptors (Lipinski definition) is 4. The fourth-order valence-corrected chi connectivity index (χ4v) is 4.65. The fraction of sp³-hybridized carbons (Fsp3) is 0.0667. The Bertz CT molecular complexity index is 885. The average molecular weight is 414 g/mol. The molecular formula is C15H10BrClN2OS2. The molecule has 1 aromatic carbocycles. The first kappa shape index (κ1) is 15.7. The lowest BCUT2D eigenvalue weighted by Gasteiger charge is -1.97. The lowest BCUT2D eigenvalue weighted by Crippen LogP contribution is -2.16. The Morgan fingerprint density at radius 1 is 1.41 bits per heavy atom. The highest BCUT2D eigenvalue weighted by molar-refractivity contribution is 9.10. The van der Waals surface area contributed by atoms with E-state index in [0.29, 0.717) is 9.90 Å². The highest BCUT2D eigenvalue weighted by Crippen LogP contribution is 2.36. The number of nitrogens with zero attached hydrogens (tertiary/aromatic N) is 1. The number of hydrazone groups is 1. The van der Waals surface area contributed by atoms with Gasteiger partial charge in [0.25, 0.3) is 5.91 Å². The topological polar surface area (TPSA) is 41.5 Å². The molecule has 3 nitrogen and oxygen atoms in total. The van der Waals surface area contributed by atoms with Crippen molar-refractivity contribution in [3.8, 4) is 0 Å². The van der Waals surface area contributed by atoms with Crippen molar-refractivity contribution in [1.82, 2.24) is 5.43 Å². The van der Waals surface area contributed by atoms with Crippen molar-refractivity contribution in [2.24, 2.45) is 5.10 Å². The van der Waals surface area contributed by atoms with Crippen LogP contribution in [0, 0.1) is 6.92 Å². The summed E-state index contributed by atoms with van der Waals surface area (Å²) in [7, 11) is 0. The van der Waals surface area contributed by atoms with E-state index >= 15 is 0 Å². The number of hydrogen-bond donors (Lipinski definition) is 1. The summed E-state index contributed by atoms with van der Waals surface area (Å²) in [5, 5.41) is 7.33. The second-order valence-corrected chi connectivity index (χ2v) is 7.85. The maximum absolute atomic E-state index is 12.2. The number of rotatable bonds is 3. The third kappa shape index (κ3) is 3.10. The largest absolute Gasteiger partial charge is 0.283 e. The number of amides is 1. The molecule has 1 N–H and O–H groups in total. The van der Waals surface area contributed by atoms with Crippen LogP contribution in [-0.4, -0.2) is 12.1 Å². The zero-order valence-electron chi connectivity index (χ0n) is 11.4. The number of carbonyl (C=O) groups excluding carboxylic acids is 1. The maximum atomic E-state index is 12.2. The van der Waals surface area contributed by atoms with E-state index in [1.54, 1.807) is 17.6 Å². The molecule has 3 rings (SSSR count). The standard InChI is InChI=1S/C15H10BrClN2OS2/c1-8-4-5-21-12(8)7-18-19-15(20)14-13(17)10-3-2-9(16)6-11(10)22-14/h2-7H,1H3,(H,19,20). The van der Waals surface area contributed by atoms with E-state index in [1.807, 2.05) is 36.6 Å². The van der Waals surface area contributed by atoms with Gasteiger partial charge in [-0.05, 0) is 36.1 Å². The van der Waals surface area contributed by atoms with Crippen molar-refractivity contribution >= 4 is 72.4 Å². The minimum atomic E-state index is -0.298. The van der Waals surface area contributed by atoms with Gasteiger partial charge in [0, 0.05) is 19.4 Å². The number of benzene rings is 1. The third-order valence-electron chi connectivity index (χ3n) is 3.05. The summed E-state index contributed by atoms with van der Waals surface area (Å²) in [6.45, 7) is 2.00. The lowest BCUT2D eigenvalue weighted by atomic mass is 10.2. The van der Waals surface area contributed by atoms with Gasteiger partial charge in [0.2, 0.25) is 0 Å². The minimum absolute atomic E-state index is 0.298. The molecule has 7 heteroatoms. The van der Waals surface area contributed by atoms with Gasteiger partial charge in [-0.1, -0.05) is 33.6 Å². The predicted octanol–water partition coefficient (Wildman–Crippen LogP) is 5.45. The highest BCUT2D eigenvalue weighted by atomic mass is 79.9. The number of thiophene rings is 2. The van der Waals surface area contributed by atoms with Gasteiger partial charge in [-0.15, -0.1) is 22.7 Å². The van der Waals surface area contributed by atoms with Crippen molar-refractivity contribution in [1.29, 1.82) is 0 Å². The molecule has 1 amide bonds. The van der Waals surface area contributed by atoms with Crippen LogP contribution in [0.5, 0.6) is 0 Å². The van der Waals surface area contributed by atoms with Crippen molar-refractivity contribution < 1.29 is 4.79 Å². The van der Waals surface area contributed by atoms with Gasteiger partial charge in [0.1, 0.15) is 4.88 Å². The van der Waals surface area contributed by atoms with E-state index in [0.717, 1.165) is 25.0 Å². The van der Waals surface area contributed by atoms with Gasteiger partial charge in [-0.2, -0.15) is 5.10 Å². The van der Waals surface area contributed by atoms with Crippen LogP contribution in [0.3, 0.4) is 0 Å². The number of aryl methyl sites for hydroxylation is 1. The molecule has 0 fully saturated rings. The molecule has 0 bridgehead atoms. The molecule has 0 spiro atoms. The van der Waals surface area contributed by atoms with Crippen LogP contribution in [-0.2, 0) is 0 Å². The summed E-state index contributed by atoms with van der Waals surface area (Å²) >= 11 is 12.6. The molecule has 0 aliphatic rings. The van der Waals surface area contributed by atoms with Crippen molar-refractivity contribution in [3.05, 3.63) is 54.5 Å². The van der Waals surface area contributed by atoms with Gasteiger partial charge in [-0.3, -0.25) is 4.79 Å². The molecule has 22 heavy (non-hydrogen) atoms. The summed E-state index contributed by atoms with van der Waals surface area (Å²) < 4.78 is 1.92. The van der Waals surface area contributed by atoms with E-state index in [2.05, 4.69) is 26.5 Å². The van der Waals surface area contributed by atoms with E-state index < -0.39 is 0 Å². The van der Waals surface area contributed by atoms with Gasteiger partial charge in [0.15, 0.2) is 0 Å². The maximum Gasteiger partial charge on any atom is 0.283 e. The van der Waals surface area contributed by atoms with Crippen LogP contribution in [0.1, 0.15) is 20.1 Å². The van der Waals surface area contributed by atoms with Crippen LogP contribution in [0.2, 0.25) is 5.02 Å². The molecule has 0 radical (unpaired) electrons. The average Bonchev–Trinajstić information content (AvgIpc) is 3.03. The van der Waals surface area contributed by atoms with Gasteiger partial charge >= 0.3 is 0 Å². The Hall–Kier alpha value is -1.21. The van der Waals surface area contributed by atoms with Gasteiger partial charge in [-0.25, -0.2) is 5.43 Å². The number of fused-ring (bicyclic) bond motifs is 1. The molecule has 0 saturated carbocycles. The normalized spacial score (nSPS) is 11.4. The van der Waals surface area contributed by atoms with Crippen LogP contribution in [0.25, 0.3) is 10.1 Å². The Kier molecular flexibility index (Phi) is 4.63. The summed E-state index contributed by atoms with van der Waals surface area (Å²) in [6, 6.07) is 7.75. The van der Waals surface area contributed by atoms with E-state index in [-0.39, 0.29) is 5.91 Å². The molecule has 112 valence electrons. The van der Waals surface area contributed by atoms with E-state index in [9.17, 15) is 4.79 Å². The van der Waals surface area contributed by atoms with Crippen LogP contribution >= 0.6 is 50.2 Å². The molecule has 0 saturated heterocycles. The first-order chi connectivity index (χ1) is 10.6. The second kappa shape index (κ2) is 6.50. The first-order valence-electron chi connectivity index (χ1n) is 6.31. The number of carbonyl (C=O) groups is 1. The van der Waals surface area contributed by atoms with Crippen molar-refractivity contribution in [3.63, 3.8) is 0 Å². The van der Waals surface area contributed by atoms with Gasteiger partial charge in [0.05, 0.1) is 11.2 Å². The fourth-order valence-electron chi connectivity index (χ4n) is 1.90. The minimum Gasteiger partial charge on any atom is -0.266 e. The molecule has 0 aliphatic heterocycles. The number of halogens is 2. The molecule has 0 atom stereocenters. The Balaban J connectivity index is 1.82. The second-order valence-electron chi connectivity index (χ2n) is 4.55. The molecule has 0 aliphatic carbocycles. The Labute approximate surface area is 148 Å². The summed E-state index contributed by atoms with van der Waals surface area (Å²) in [6.07, 6.45) is 1.65. The molecular weight excluding hydrogens is 404 g/mol. The summed E-state index contributed by atoms with van der Waals surface area (Å²) in [5.41, 5.74) is 3.66. The predicted molar refractivity (Wildman–Crippen MR) is 98.7 cm³/mol. The molecule has 3 aromatic rings. The summed E-state index contributed by atoms with van der Waals surface area (Å²) in [5.74, 6) is -0.298. The quantitative estimate of drug-likeness (QED) is 0.450. The SMILES string of the molecule is Cc1ccsc1C=NNC(=O)c1sc2cc(Br)ccc2c1Cl. The van der Waals surface area contributed by atoms with Crippen LogP contribution in [0.15, 0.2) is 39.2 Å². The van der Waals surface area contributed by atoms with E-state index in [4.69, 9.17) is 11.6 Å². The Morgan fingerprint density at radius 3 is 2.95 bits per heavy atom. The first-order valence-corrected chi connectivity index (χ1v) is 9.18. The Morgan fingerprint density at radius 2 is 2.23 bits per heavy atom. The zero-order valence-corrected chi connectivity index (χ0v) is 15.4. The zero-order chi connectivity index (χ0) is 15.7. The van der Waals surface area contributed by atoms with Crippen molar-refractivity contribution in [2.45, 2.75) is 6.92 Å². The van der Waals surface area contributed by atoms with Gasteiger partial charge < -0.3 is 0 Å². The van der Waals surface area contributed by atoms with E-state index in [1.165, 1.54) is 11.3 Å². The highest BCUT2D eigenvalue weighted by Gasteiger charge is 2.16. The lowest BCUT2D eigenvalue weighted by molar-refractivity contribution is 0.0959. The number of nitrogens with one attached hydrogen (secondary N) is 1. The molecule has 2 aromatic heterocycles. The van der Waals surface area contributed by atoms with Crippen LogP contribution < -0.4 is 5.43 Å². The summed E-state index contributed by atoms with van der Waals surface area (Å²) in [4.78, 5) is 13.7. The van der Waals surface area contributed by atoms with Crippen molar-refractivity contribution in [2.75, 3.05) is 0 Å². The van der Waals surface area contributed by atoms with Crippen LogP contribution in [0.4, 0.5) is 0 Å². The monoisotopic (exact) mass is 412 g/mol. The molecule has 0 unspecified atom stereocenters. The smallest absolute Gasteiger partial charge is 0.266 e. The third-order valence-corrected chi connectivity index (χ3v) is 6.15.